The molecular weight excluding hydrogens is 398 g/mol. The quantitative estimate of drug-likeness (QED) is 0.707. The number of amides is 1. The molecule has 0 unspecified atom stereocenters. The molecule has 140 valence electrons. The van der Waals surface area contributed by atoms with Gasteiger partial charge in [-0.25, -0.2) is 0 Å². The van der Waals surface area contributed by atoms with E-state index >= 15 is 0 Å². The normalized spacial score (nSPS) is 10.8. The molecule has 1 amide bonds. The summed E-state index contributed by atoms with van der Waals surface area (Å²) in [5.41, 5.74) is 2.40. The van der Waals surface area contributed by atoms with Crippen molar-refractivity contribution < 1.29 is 13.9 Å². The average Bonchev–Trinajstić information content (AvgIpc) is 2.60. The van der Waals surface area contributed by atoms with Gasteiger partial charge >= 0.3 is 0 Å². The Morgan fingerprint density at radius 2 is 1.77 bits per heavy atom. The van der Waals surface area contributed by atoms with Gasteiger partial charge in [-0.1, -0.05) is 29.8 Å². The molecule has 2 aromatic rings. The predicted molar refractivity (Wildman–Crippen MR) is 106 cm³/mol. The van der Waals surface area contributed by atoms with Crippen molar-refractivity contribution in [1.29, 1.82) is 0 Å². The number of rotatable bonds is 7. The van der Waals surface area contributed by atoms with Crippen molar-refractivity contribution in [2.24, 2.45) is 0 Å². The highest BCUT2D eigenvalue weighted by Crippen LogP contribution is 2.28. The van der Waals surface area contributed by atoms with Crippen LogP contribution in [-0.4, -0.2) is 12.5 Å². The maximum atomic E-state index is 12.9. The number of halogens is 1. The van der Waals surface area contributed by atoms with Crippen LogP contribution < -0.4 is 10.7 Å². The summed E-state index contributed by atoms with van der Waals surface area (Å²) in [4.78, 5) is 25.3. The van der Waals surface area contributed by atoms with E-state index in [1.807, 2.05) is 32.9 Å². The number of hydrogen-bond acceptors (Lipinski definition) is 4. The van der Waals surface area contributed by atoms with E-state index in [9.17, 15) is 9.59 Å². The fraction of sp³-hybridized carbons (Fsp3) is 0.400. The van der Waals surface area contributed by atoms with Gasteiger partial charge in [-0.05, 0) is 49.9 Å². The zero-order valence-corrected chi connectivity index (χ0v) is 17.2. The lowest BCUT2D eigenvalue weighted by Crippen LogP contribution is -2.25. The van der Waals surface area contributed by atoms with Crippen LogP contribution in [0.5, 0.6) is 0 Å². The number of ether oxygens (including phenoxy) is 1. The summed E-state index contributed by atoms with van der Waals surface area (Å²) in [7, 11) is 0. The summed E-state index contributed by atoms with van der Waals surface area (Å²) in [6, 6.07) is 5.29. The second-order valence-electron chi connectivity index (χ2n) is 5.92. The minimum atomic E-state index is -0.472. The summed E-state index contributed by atoms with van der Waals surface area (Å²) >= 11 is 3.51. The van der Waals surface area contributed by atoms with E-state index in [1.54, 1.807) is 6.92 Å². The Morgan fingerprint density at radius 3 is 2.31 bits per heavy atom. The van der Waals surface area contributed by atoms with Crippen LogP contribution in [0.3, 0.4) is 0 Å². The van der Waals surface area contributed by atoms with Crippen molar-refractivity contribution in [3.8, 4) is 0 Å². The first-order valence-electron chi connectivity index (χ1n) is 8.75. The molecule has 0 atom stereocenters. The van der Waals surface area contributed by atoms with Crippen molar-refractivity contribution in [3.63, 3.8) is 0 Å². The molecule has 1 aromatic heterocycles. The van der Waals surface area contributed by atoms with Gasteiger partial charge in [-0.3, -0.25) is 9.59 Å². The monoisotopic (exact) mass is 421 g/mol. The Morgan fingerprint density at radius 1 is 1.15 bits per heavy atom. The van der Waals surface area contributed by atoms with E-state index in [0.717, 1.165) is 34.1 Å². The third-order valence-corrected chi connectivity index (χ3v) is 4.53. The van der Waals surface area contributed by atoms with E-state index in [1.165, 1.54) is 6.07 Å². The molecule has 0 aliphatic carbocycles. The summed E-state index contributed by atoms with van der Waals surface area (Å²) in [5.74, 6) is 0.233. The largest absolute Gasteiger partial charge is 0.463 e. The molecule has 0 radical (unpaired) electrons. The number of carbonyl (C=O) groups is 1. The van der Waals surface area contributed by atoms with Gasteiger partial charge in [0.2, 0.25) is 0 Å². The van der Waals surface area contributed by atoms with E-state index in [4.69, 9.17) is 9.15 Å². The van der Waals surface area contributed by atoms with Crippen LogP contribution in [0, 0.1) is 6.92 Å². The summed E-state index contributed by atoms with van der Waals surface area (Å²) in [6.45, 7) is 8.12. The van der Waals surface area contributed by atoms with E-state index in [0.29, 0.717) is 12.4 Å². The van der Waals surface area contributed by atoms with Gasteiger partial charge in [0.15, 0.2) is 5.43 Å². The van der Waals surface area contributed by atoms with Crippen molar-refractivity contribution in [1.82, 2.24) is 0 Å². The van der Waals surface area contributed by atoms with Crippen LogP contribution >= 0.6 is 15.9 Å². The van der Waals surface area contributed by atoms with Crippen LogP contribution in [0.15, 0.2) is 31.9 Å². The molecule has 2 rings (SSSR count). The third kappa shape index (κ3) is 4.62. The van der Waals surface area contributed by atoms with Gasteiger partial charge in [0, 0.05) is 22.8 Å². The minimum absolute atomic E-state index is 0.00363. The maximum Gasteiger partial charge on any atom is 0.263 e. The third-order valence-electron chi connectivity index (χ3n) is 4.07. The molecule has 1 aromatic carbocycles. The molecule has 26 heavy (non-hydrogen) atoms. The maximum absolute atomic E-state index is 12.9. The molecule has 5 nitrogen and oxygen atoms in total. The molecule has 0 bridgehead atoms. The summed E-state index contributed by atoms with van der Waals surface area (Å²) in [6.07, 6.45) is 1.52. The second-order valence-corrected chi connectivity index (χ2v) is 6.83. The van der Waals surface area contributed by atoms with E-state index in [2.05, 4.69) is 21.2 Å². The summed E-state index contributed by atoms with van der Waals surface area (Å²) in [5, 5.41) is 2.93. The number of benzene rings is 1. The Bertz CT molecular complexity index is 832. The first-order valence-corrected chi connectivity index (χ1v) is 9.54. The molecule has 1 heterocycles. The molecule has 0 saturated carbocycles. The molecule has 0 spiro atoms. The van der Waals surface area contributed by atoms with Crippen LogP contribution in [0.1, 0.15) is 53.8 Å². The van der Waals surface area contributed by atoms with E-state index in [-0.39, 0.29) is 23.4 Å². The highest BCUT2D eigenvalue weighted by molar-refractivity contribution is 9.10. The van der Waals surface area contributed by atoms with Crippen molar-refractivity contribution in [2.45, 2.75) is 47.1 Å². The number of hydrogen-bond donors (Lipinski definition) is 1. The lowest BCUT2D eigenvalue weighted by molar-refractivity contribution is 0.0982. The molecule has 0 aliphatic rings. The zero-order valence-electron chi connectivity index (χ0n) is 15.6. The molecule has 0 fully saturated rings. The van der Waals surface area contributed by atoms with Gasteiger partial charge in [0.05, 0.1) is 0 Å². The number of anilines is 1. The van der Waals surface area contributed by atoms with Crippen molar-refractivity contribution in [2.75, 3.05) is 11.9 Å². The topological polar surface area (TPSA) is 68.5 Å². The van der Waals surface area contributed by atoms with Crippen LogP contribution in [-0.2, 0) is 24.2 Å². The van der Waals surface area contributed by atoms with Gasteiger partial charge in [0.25, 0.3) is 5.91 Å². The Hall–Kier alpha value is -1.92. The fourth-order valence-electron chi connectivity index (χ4n) is 2.82. The van der Waals surface area contributed by atoms with Crippen molar-refractivity contribution >= 4 is 27.5 Å². The van der Waals surface area contributed by atoms with Gasteiger partial charge in [-0.2, -0.15) is 0 Å². The molecular formula is C20H24BrNO4. The summed E-state index contributed by atoms with van der Waals surface area (Å²) < 4.78 is 11.9. The fourth-order valence-corrected chi connectivity index (χ4v) is 3.38. The standard InChI is InChI=1S/C20H24BrNO4/c1-5-13-9-15(21)10-14(6-2)19(13)22-20(24)18-16(23)8-12(4)26-17(18)11-25-7-3/h8-10H,5-7,11H2,1-4H3,(H,22,24). The molecule has 0 aliphatic heterocycles. The van der Waals surface area contributed by atoms with Crippen LogP contribution in [0.4, 0.5) is 5.69 Å². The SMILES string of the molecule is CCOCc1oc(C)cc(=O)c1C(=O)Nc1c(CC)cc(Br)cc1CC. The van der Waals surface area contributed by atoms with E-state index < -0.39 is 5.91 Å². The highest BCUT2D eigenvalue weighted by atomic mass is 79.9. The first-order chi connectivity index (χ1) is 12.4. The lowest BCUT2D eigenvalue weighted by Gasteiger charge is -2.16. The van der Waals surface area contributed by atoms with Gasteiger partial charge in [-0.15, -0.1) is 0 Å². The Balaban J connectivity index is 2.47. The van der Waals surface area contributed by atoms with Crippen LogP contribution in [0.25, 0.3) is 0 Å². The molecule has 0 saturated heterocycles. The average molecular weight is 422 g/mol. The second kappa shape index (κ2) is 9.14. The van der Waals surface area contributed by atoms with Crippen LogP contribution in [0.2, 0.25) is 0 Å². The number of aryl methyl sites for hydroxylation is 3. The Kier molecular flexibility index (Phi) is 7.17. The number of carbonyl (C=O) groups excluding carboxylic acids is 1. The Labute approximate surface area is 161 Å². The van der Waals surface area contributed by atoms with Gasteiger partial charge < -0.3 is 14.5 Å². The molecule has 6 heteroatoms. The lowest BCUT2D eigenvalue weighted by atomic mass is 10.0. The smallest absolute Gasteiger partial charge is 0.263 e. The number of nitrogens with one attached hydrogen (secondary N) is 1. The predicted octanol–water partition coefficient (Wildman–Crippen LogP) is 4.62. The first kappa shape index (κ1) is 20.4. The molecule has 1 N–H and O–H groups in total. The minimum Gasteiger partial charge on any atom is -0.463 e. The zero-order chi connectivity index (χ0) is 19.3. The highest BCUT2D eigenvalue weighted by Gasteiger charge is 2.21. The van der Waals surface area contributed by atoms with Crippen molar-refractivity contribution in [3.05, 3.63) is 61.1 Å². The van der Waals surface area contributed by atoms with Gasteiger partial charge in [0.1, 0.15) is 23.7 Å².